The first-order valence-corrected chi connectivity index (χ1v) is 14.7. The number of pyridine rings is 3. The summed E-state index contributed by atoms with van der Waals surface area (Å²) in [5.74, 6) is 1.32. The molecule has 0 aliphatic carbocycles. The van der Waals surface area contributed by atoms with E-state index in [0.717, 1.165) is 41.9 Å². The second-order valence-corrected chi connectivity index (χ2v) is 12.1. The zero-order valence-corrected chi connectivity index (χ0v) is 22.7. The third-order valence-corrected chi connectivity index (χ3v) is 9.25. The molecule has 1 aromatic carbocycles. The third kappa shape index (κ3) is 4.86. The molecule has 0 saturated carbocycles. The maximum Gasteiger partial charge on any atom is 0.251 e. The number of ether oxygens (including phenoxy) is 1. The fourth-order valence-corrected chi connectivity index (χ4v) is 6.54. The standard InChI is InChI=1S/C29H29N5O4S/c1-18-14-31-28-24(19(18)2)4-3-9-34(28)27-8-7-21-15-30-23(13-25(21)33-27)16-32-29(35)20-5-6-22-17-38-10-11-39(36,37)26(22)12-20/h5-8,12-15H,3-4,9-11,16-17H2,1-2H3,(H,32,35). The Hall–Kier alpha value is -3.89. The lowest BCUT2D eigenvalue weighted by molar-refractivity contribution is 0.0950. The van der Waals surface area contributed by atoms with E-state index in [0.29, 0.717) is 11.3 Å². The molecule has 0 atom stereocenters. The lowest BCUT2D eigenvalue weighted by atomic mass is 9.98. The number of hydrogen-bond donors (Lipinski definition) is 1. The first-order chi connectivity index (χ1) is 18.8. The molecule has 0 bridgehead atoms. The Morgan fingerprint density at radius 1 is 1.10 bits per heavy atom. The topological polar surface area (TPSA) is 114 Å². The van der Waals surface area contributed by atoms with E-state index < -0.39 is 9.84 Å². The molecule has 0 saturated heterocycles. The van der Waals surface area contributed by atoms with Crippen LogP contribution in [0.4, 0.5) is 11.6 Å². The largest absolute Gasteiger partial charge is 0.376 e. The molecule has 200 valence electrons. The minimum atomic E-state index is -3.50. The van der Waals surface area contributed by atoms with Crippen molar-refractivity contribution in [2.24, 2.45) is 0 Å². The Kier molecular flexibility index (Phi) is 6.52. The van der Waals surface area contributed by atoms with Crippen LogP contribution in [0.3, 0.4) is 0 Å². The van der Waals surface area contributed by atoms with Gasteiger partial charge >= 0.3 is 0 Å². The lowest BCUT2D eigenvalue weighted by Crippen LogP contribution is -2.27. The second-order valence-electron chi connectivity index (χ2n) is 10.0. The fourth-order valence-electron chi connectivity index (χ4n) is 5.15. The van der Waals surface area contributed by atoms with Gasteiger partial charge in [0.2, 0.25) is 0 Å². The first kappa shape index (κ1) is 25.4. The summed E-state index contributed by atoms with van der Waals surface area (Å²) in [4.78, 5) is 29.4. The van der Waals surface area contributed by atoms with E-state index in [-0.39, 0.29) is 41.9 Å². The van der Waals surface area contributed by atoms with Gasteiger partial charge in [-0.05, 0) is 79.3 Å². The average Bonchev–Trinajstić information content (AvgIpc) is 3.10. The van der Waals surface area contributed by atoms with E-state index in [4.69, 9.17) is 14.7 Å². The highest BCUT2D eigenvalue weighted by Gasteiger charge is 2.25. The Morgan fingerprint density at radius 3 is 2.85 bits per heavy atom. The maximum absolute atomic E-state index is 12.9. The molecule has 9 nitrogen and oxygen atoms in total. The molecule has 4 aromatic rings. The maximum atomic E-state index is 12.9. The summed E-state index contributed by atoms with van der Waals surface area (Å²) in [7, 11) is -3.50. The van der Waals surface area contributed by atoms with Crippen molar-refractivity contribution >= 4 is 38.3 Å². The molecule has 1 N–H and O–H groups in total. The number of rotatable bonds is 4. The van der Waals surface area contributed by atoms with Gasteiger partial charge in [0.05, 0.1) is 41.6 Å². The van der Waals surface area contributed by atoms with E-state index in [9.17, 15) is 13.2 Å². The average molecular weight is 544 g/mol. The number of anilines is 2. The highest BCUT2D eigenvalue weighted by molar-refractivity contribution is 7.91. The number of nitrogens with one attached hydrogen (secondary N) is 1. The number of carbonyl (C=O) groups excluding carboxylic acids is 1. The normalized spacial score (nSPS) is 16.3. The van der Waals surface area contributed by atoms with Crippen molar-refractivity contribution in [3.8, 4) is 0 Å². The second kappa shape index (κ2) is 10.0. The van der Waals surface area contributed by atoms with Crippen LogP contribution < -0.4 is 10.2 Å². The van der Waals surface area contributed by atoms with Crippen molar-refractivity contribution < 1.29 is 17.9 Å². The molecule has 2 aliphatic rings. The number of amides is 1. The summed E-state index contributed by atoms with van der Waals surface area (Å²) in [6.45, 7) is 5.62. The van der Waals surface area contributed by atoms with Gasteiger partial charge < -0.3 is 15.0 Å². The molecule has 0 fully saturated rings. The van der Waals surface area contributed by atoms with E-state index >= 15 is 0 Å². The Bertz CT molecular complexity index is 1720. The Labute approximate surface area is 227 Å². The minimum absolute atomic E-state index is 0.0978. The zero-order chi connectivity index (χ0) is 27.1. The van der Waals surface area contributed by atoms with Crippen LogP contribution in [0.15, 0.2) is 53.7 Å². The number of fused-ring (bicyclic) bond motifs is 3. The summed E-state index contributed by atoms with van der Waals surface area (Å²) < 4.78 is 30.5. The van der Waals surface area contributed by atoms with Gasteiger partial charge in [0.1, 0.15) is 11.6 Å². The molecule has 3 aromatic heterocycles. The van der Waals surface area contributed by atoms with E-state index in [2.05, 4.69) is 29.0 Å². The predicted octanol–water partition coefficient (Wildman–Crippen LogP) is 3.96. The van der Waals surface area contributed by atoms with Gasteiger partial charge in [-0.1, -0.05) is 6.07 Å². The summed E-state index contributed by atoms with van der Waals surface area (Å²) >= 11 is 0. The van der Waals surface area contributed by atoms with Gasteiger partial charge in [-0.25, -0.2) is 18.4 Å². The number of benzene rings is 1. The zero-order valence-electron chi connectivity index (χ0n) is 21.9. The van der Waals surface area contributed by atoms with Crippen LogP contribution in [0.2, 0.25) is 0 Å². The summed E-state index contributed by atoms with van der Waals surface area (Å²) in [5.41, 5.74) is 6.04. The minimum Gasteiger partial charge on any atom is -0.376 e. The summed E-state index contributed by atoms with van der Waals surface area (Å²) in [5, 5.41) is 3.76. The van der Waals surface area contributed by atoms with Crippen molar-refractivity contribution in [2.75, 3.05) is 23.8 Å². The van der Waals surface area contributed by atoms with Gasteiger partial charge in [-0.2, -0.15) is 0 Å². The van der Waals surface area contributed by atoms with Gasteiger partial charge in [-0.3, -0.25) is 9.78 Å². The molecular weight excluding hydrogens is 514 g/mol. The number of aromatic nitrogens is 3. The van der Waals surface area contributed by atoms with Crippen molar-refractivity contribution in [3.63, 3.8) is 0 Å². The number of aryl methyl sites for hydroxylation is 1. The van der Waals surface area contributed by atoms with Gasteiger partial charge in [0.15, 0.2) is 9.84 Å². The molecule has 0 spiro atoms. The summed E-state index contributed by atoms with van der Waals surface area (Å²) in [6, 6.07) is 10.6. The first-order valence-electron chi connectivity index (χ1n) is 13.0. The monoisotopic (exact) mass is 543 g/mol. The molecule has 6 rings (SSSR count). The summed E-state index contributed by atoms with van der Waals surface area (Å²) in [6.07, 6.45) is 5.71. The van der Waals surface area contributed by atoms with Crippen molar-refractivity contribution in [2.45, 2.75) is 44.7 Å². The Balaban J connectivity index is 1.23. The van der Waals surface area contributed by atoms with Crippen molar-refractivity contribution in [3.05, 3.63) is 82.3 Å². The highest BCUT2D eigenvalue weighted by atomic mass is 32.2. The number of nitrogens with zero attached hydrogens (tertiary/aromatic N) is 4. The van der Waals surface area contributed by atoms with E-state index in [1.165, 1.54) is 22.8 Å². The molecule has 10 heteroatoms. The van der Waals surface area contributed by atoms with Crippen LogP contribution in [0.5, 0.6) is 0 Å². The molecule has 2 aliphatic heterocycles. The molecule has 39 heavy (non-hydrogen) atoms. The lowest BCUT2D eigenvalue weighted by Gasteiger charge is -2.30. The van der Waals surface area contributed by atoms with Crippen LogP contribution in [-0.2, 0) is 34.1 Å². The highest BCUT2D eigenvalue weighted by Crippen LogP contribution is 2.34. The third-order valence-electron chi connectivity index (χ3n) is 7.50. The molecule has 5 heterocycles. The molecule has 1 amide bonds. The fraction of sp³-hybridized carbons (Fsp3) is 0.310. The Morgan fingerprint density at radius 2 is 1.97 bits per heavy atom. The van der Waals surface area contributed by atoms with E-state index in [1.807, 2.05) is 24.4 Å². The van der Waals surface area contributed by atoms with Crippen molar-refractivity contribution in [1.82, 2.24) is 20.3 Å². The predicted molar refractivity (Wildman–Crippen MR) is 148 cm³/mol. The smallest absolute Gasteiger partial charge is 0.251 e. The number of hydrogen-bond acceptors (Lipinski definition) is 8. The van der Waals surface area contributed by atoms with Crippen molar-refractivity contribution in [1.29, 1.82) is 0 Å². The molecular formula is C29H29N5O4S. The van der Waals surface area contributed by atoms with Crippen LogP contribution in [0.25, 0.3) is 10.9 Å². The van der Waals surface area contributed by atoms with Crippen LogP contribution in [0.1, 0.15) is 44.7 Å². The van der Waals surface area contributed by atoms with Gasteiger partial charge in [-0.15, -0.1) is 0 Å². The van der Waals surface area contributed by atoms with Crippen LogP contribution in [0, 0.1) is 13.8 Å². The van der Waals surface area contributed by atoms with Crippen LogP contribution >= 0.6 is 0 Å². The number of sulfone groups is 1. The SMILES string of the molecule is Cc1cnc2c(c1C)CCCN2c1ccc2cnc(CNC(=O)c3ccc4c(c3)S(=O)(=O)CCOC4)cc2n1. The van der Waals surface area contributed by atoms with E-state index in [1.54, 1.807) is 18.3 Å². The molecule has 0 unspecified atom stereocenters. The van der Waals surface area contributed by atoms with Gasteiger partial charge in [0, 0.05) is 29.9 Å². The molecule has 0 radical (unpaired) electrons. The van der Waals surface area contributed by atoms with Gasteiger partial charge in [0.25, 0.3) is 5.91 Å². The number of carbonyl (C=O) groups is 1. The van der Waals surface area contributed by atoms with Crippen LogP contribution in [-0.4, -0.2) is 48.2 Å². The quantitative estimate of drug-likeness (QED) is 0.411.